The highest BCUT2D eigenvalue weighted by molar-refractivity contribution is 6.29. The van der Waals surface area contributed by atoms with Gasteiger partial charge in [-0.15, -0.1) is 6.58 Å². The SMILES string of the molecule is C=CCCCc1cc(Cl)ncc1N(C)C. The zero-order valence-electron chi connectivity index (χ0n) is 9.33. The molecule has 0 aliphatic rings. The van der Waals surface area contributed by atoms with Crippen molar-refractivity contribution in [2.24, 2.45) is 0 Å². The summed E-state index contributed by atoms with van der Waals surface area (Å²) in [4.78, 5) is 6.15. The highest BCUT2D eigenvalue weighted by Crippen LogP contribution is 2.22. The zero-order valence-corrected chi connectivity index (χ0v) is 10.1. The molecule has 1 heterocycles. The van der Waals surface area contributed by atoms with Gasteiger partial charge in [0, 0.05) is 14.1 Å². The Hall–Kier alpha value is -1.02. The van der Waals surface area contributed by atoms with E-state index in [1.807, 2.05) is 32.4 Å². The van der Waals surface area contributed by atoms with Crippen LogP contribution in [0.3, 0.4) is 0 Å². The van der Waals surface area contributed by atoms with Gasteiger partial charge in [-0.2, -0.15) is 0 Å². The topological polar surface area (TPSA) is 16.1 Å². The quantitative estimate of drug-likeness (QED) is 0.434. The van der Waals surface area contributed by atoms with Gasteiger partial charge in [0.2, 0.25) is 0 Å². The van der Waals surface area contributed by atoms with Crippen molar-refractivity contribution >= 4 is 17.3 Å². The maximum Gasteiger partial charge on any atom is 0.129 e. The van der Waals surface area contributed by atoms with Crippen molar-refractivity contribution in [3.8, 4) is 0 Å². The van der Waals surface area contributed by atoms with Crippen LogP contribution in [0.25, 0.3) is 0 Å². The Morgan fingerprint density at radius 1 is 1.53 bits per heavy atom. The lowest BCUT2D eigenvalue weighted by Gasteiger charge is -2.16. The van der Waals surface area contributed by atoms with Gasteiger partial charge in [0.1, 0.15) is 5.15 Å². The Kier molecular flexibility index (Phi) is 4.63. The third-order valence-corrected chi connectivity index (χ3v) is 2.48. The number of hydrogen-bond acceptors (Lipinski definition) is 2. The lowest BCUT2D eigenvalue weighted by atomic mass is 10.1. The van der Waals surface area contributed by atoms with Crippen molar-refractivity contribution in [3.05, 3.63) is 35.6 Å². The molecule has 3 heteroatoms. The first-order valence-corrected chi connectivity index (χ1v) is 5.45. The van der Waals surface area contributed by atoms with Crippen LogP contribution in [0.5, 0.6) is 0 Å². The summed E-state index contributed by atoms with van der Waals surface area (Å²) in [5.74, 6) is 0. The van der Waals surface area contributed by atoms with E-state index in [9.17, 15) is 0 Å². The molecule has 0 bridgehead atoms. The second-order valence-electron chi connectivity index (χ2n) is 3.71. The molecule has 0 amide bonds. The first-order valence-electron chi connectivity index (χ1n) is 5.07. The fraction of sp³-hybridized carbons (Fsp3) is 0.417. The molecule has 82 valence electrons. The number of pyridine rings is 1. The maximum atomic E-state index is 5.88. The van der Waals surface area contributed by atoms with Gasteiger partial charge in [-0.3, -0.25) is 0 Å². The van der Waals surface area contributed by atoms with Crippen LogP contribution >= 0.6 is 11.6 Å². The predicted octanol–water partition coefficient (Wildman–Crippen LogP) is 3.31. The van der Waals surface area contributed by atoms with Gasteiger partial charge in [0.15, 0.2) is 0 Å². The number of allylic oxidation sites excluding steroid dienone is 1. The van der Waals surface area contributed by atoms with Gasteiger partial charge >= 0.3 is 0 Å². The van der Waals surface area contributed by atoms with E-state index in [1.165, 1.54) is 5.56 Å². The molecule has 0 saturated heterocycles. The van der Waals surface area contributed by atoms with Gasteiger partial charge in [0.05, 0.1) is 11.9 Å². The number of aryl methyl sites for hydroxylation is 1. The molecule has 0 unspecified atom stereocenters. The van der Waals surface area contributed by atoms with Crippen molar-refractivity contribution in [2.45, 2.75) is 19.3 Å². The Balaban J connectivity index is 2.82. The Morgan fingerprint density at radius 3 is 2.87 bits per heavy atom. The average Bonchev–Trinajstić information content (AvgIpc) is 2.18. The highest BCUT2D eigenvalue weighted by atomic mass is 35.5. The summed E-state index contributed by atoms with van der Waals surface area (Å²) in [7, 11) is 4.03. The van der Waals surface area contributed by atoms with Gasteiger partial charge in [0.25, 0.3) is 0 Å². The number of unbranched alkanes of at least 4 members (excludes halogenated alkanes) is 1. The third-order valence-electron chi connectivity index (χ3n) is 2.27. The molecular formula is C12H17ClN2. The summed E-state index contributed by atoms with van der Waals surface area (Å²) >= 11 is 5.88. The van der Waals surface area contributed by atoms with E-state index in [0.717, 1.165) is 24.9 Å². The van der Waals surface area contributed by atoms with E-state index < -0.39 is 0 Å². The normalized spacial score (nSPS) is 10.1. The summed E-state index contributed by atoms with van der Waals surface area (Å²) in [5.41, 5.74) is 2.39. The minimum atomic E-state index is 0.564. The van der Waals surface area contributed by atoms with Crippen molar-refractivity contribution in [1.82, 2.24) is 4.98 Å². The summed E-state index contributed by atoms with van der Waals surface area (Å²) in [6, 6.07) is 1.94. The van der Waals surface area contributed by atoms with Gasteiger partial charge in [-0.1, -0.05) is 17.7 Å². The second kappa shape index (κ2) is 5.76. The van der Waals surface area contributed by atoms with Crippen molar-refractivity contribution in [3.63, 3.8) is 0 Å². The largest absolute Gasteiger partial charge is 0.376 e. The summed E-state index contributed by atoms with van der Waals surface area (Å²) in [6.45, 7) is 3.72. The molecule has 0 saturated carbocycles. The molecule has 1 rings (SSSR count). The van der Waals surface area contributed by atoms with Crippen LogP contribution in [0, 0.1) is 0 Å². The molecule has 0 aliphatic heterocycles. The Bertz CT molecular complexity index is 334. The molecular weight excluding hydrogens is 208 g/mol. The second-order valence-corrected chi connectivity index (χ2v) is 4.10. The Morgan fingerprint density at radius 2 is 2.27 bits per heavy atom. The standard InChI is InChI=1S/C12H17ClN2/c1-4-5-6-7-10-8-12(13)14-9-11(10)15(2)3/h4,8-9H,1,5-7H2,2-3H3. The molecule has 0 atom stereocenters. The summed E-state index contributed by atoms with van der Waals surface area (Å²) < 4.78 is 0. The third kappa shape index (κ3) is 3.56. The maximum absolute atomic E-state index is 5.88. The van der Waals surface area contributed by atoms with Gasteiger partial charge in [-0.05, 0) is 30.9 Å². The predicted molar refractivity (Wildman–Crippen MR) is 66.7 cm³/mol. The lowest BCUT2D eigenvalue weighted by molar-refractivity contribution is 0.838. The fourth-order valence-corrected chi connectivity index (χ4v) is 1.68. The highest BCUT2D eigenvalue weighted by Gasteiger charge is 2.05. The summed E-state index contributed by atoms with van der Waals surface area (Å²) in [5, 5.41) is 0.564. The first-order chi connectivity index (χ1) is 7.15. The number of anilines is 1. The van der Waals surface area contributed by atoms with Crippen LogP contribution in [0.1, 0.15) is 18.4 Å². The molecule has 0 aromatic carbocycles. The molecule has 15 heavy (non-hydrogen) atoms. The average molecular weight is 225 g/mol. The van der Waals surface area contributed by atoms with Crippen LogP contribution in [-0.4, -0.2) is 19.1 Å². The van der Waals surface area contributed by atoms with Crippen molar-refractivity contribution in [1.29, 1.82) is 0 Å². The molecule has 0 spiro atoms. The number of rotatable bonds is 5. The van der Waals surface area contributed by atoms with Gasteiger partial charge in [-0.25, -0.2) is 4.98 Å². The van der Waals surface area contributed by atoms with E-state index in [-0.39, 0.29) is 0 Å². The van der Waals surface area contributed by atoms with E-state index in [0.29, 0.717) is 5.15 Å². The van der Waals surface area contributed by atoms with Crippen LogP contribution in [0.4, 0.5) is 5.69 Å². The van der Waals surface area contributed by atoms with Crippen molar-refractivity contribution < 1.29 is 0 Å². The van der Waals surface area contributed by atoms with Crippen LogP contribution < -0.4 is 4.90 Å². The summed E-state index contributed by atoms with van der Waals surface area (Å²) in [6.07, 6.45) is 6.92. The van der Waals surface area contributed by atoms with E-state index in [2.05, 4.69) is 16.5 Å². The number of nitrogens with zero attached hydrogens (tertiary/aromatic N) is 2. The molecule has 0 fully saturated rings. The van der Waals surface area contributed by atoms with Crippen LogP contribution in [0.2, 0.25) is 5.15 Å². The lowest BCUT2D eigenvalue weighted by Crippen LogP contribution is -2.11. The zero-order chi connectivity index (χ0) is 11.3. The van der Waals surface area contributed by atoms with E-state index in [1.54, 1.807) is 0 Å². The minimum absolute atomic E-state index is 0.564. The van der Waals surface area contributed by atoms with Gasteiger partial charge < -0.3 is 4.90 Å². The van der Waals surface area contributed by atoms with Crippen molar-refractivity contribution in [2.75, 3.05) is 19.0 Å². The van der Waals surface area contributed by atoms with E-state index >= 15 is 0 Å². The van der Waals surface area contributed by atoms with E-state index in [4.69, 9.17) is 11.6 Å². The molecule has 0 aliphatic carbocycles. The minimum Gasteiger partial charge on any atom is -0.376 e. The molecule has 0 N–H and O–H groups in total. The number of aromatic nitrogens is 1. The smallest absolute Gasteiger partial charge is 0.129 e. The molecule has 1 aromatic heterocycles. The molecule has 2 nitrogen and oxygen atoms in total. The van der Waals surface area contributed by atoms with Crippen LogP contribution in [0.15, 0.2) is 24.9 Å². The number of hydrogen-bond donors (Lipinski definition) is 0. The first kappa shape index (κ1) is 12.1. The Labute approximate surface area is 96.6 Å². The number of halogens is 1. The van der Waals surface area contributed by atoms with Crippen LogP contribution in [-0.2, 0) is 6.42 Å². The molecule has 1 aromatic rings. The molecule has 0 radical (unpaired) electrons. The monoisotopic (exact) mass is 224 g/mol. The fourth-order valence-electron chi connectivity index (χ4n) is 1.50.